The summed E-state index contributed by atoms with van der Waals surface area (Å²) in [7, 11) is 0. The van der Waals surface area contributed by atoms with Crippen LogP contribution in [0.4, 0.5) is 11.4 Å². The average molecular weight is 289 g/mol. The number of anilines is 1. The average Bonchev–Trinajstić information content (AvgIpc) is 2.45. The molecule has 0 aliphatic carbocycles. The van der Waals surface area contributed by atoms with Gasteiger partial charge in [0, 0.05) is 24.9 Å². The van der Waals surface area contributed by atoms with Crippen LogP contribution >= 0.6 is 11.6 Å². The lowest BCUT2D eigenvalue weighted by atomic mass is 10.2. The molecule has 0 saturated carbocycles. The van der Waals surface area contributed by atoms with Crippen molar-refractivity contribution in [2.75, 3.05) is 5.32 Å². The molecule has 0 spiro atoms. The van der Waals surface area contributed by atoms with Crippen molar-refractivity contribution in [1.82, 2.24) is 4.98 Å². The molecule has 1 heterocycles. The van der Waals surface area contributed by atoms with E-state index in [-0.39, 0.29) is 10.8 Å². The second kappa shape index (κ2) is 5.99. The van der Waals surface area contributed by atoms with E-state index in [1.807, 2.05) is 6.07 Å². The molecule has 1 aromatic heterocycles. The Morgan fingerprint density at radius 1 is 1.40 bits per heavy atom. The predicted molar refractivity (Wildman–Crippen MR) is 74.4 cm³/mol. The maximum absolute atomic E-state index is 10.5. The molecule has 20 heavy (non-hydrogen) atoms. The van der Waals surface area contributed by atoms with Gasteiger partial charge in [-0.3, -0.25) is 10.1 Å². The van der Waals surface area contributed by atoms with Crippen LogP contribution < -0.4 is 5.32 Å². The van der Waals surface area contributed by atoms with E-state index in [4.69, 9.17) is 16.9 Å². The van der Waals surface area contributed by atoms with E-state index >= 15 is 0 Å². The summed E-state index contributed by atoms with van der Waals surface area (Å²) < 4.78 is 0. The molecule has 7 heteroatoms. The summed E-state index contributed by atoms with van der Waals surface area (Å²) in [5.41, 5.74) is 1.85. The molecule has 100 valence electrons. The molecule has 0 unspecified atom stereocenters. The Bertz CT molecular complexity index is 680. The van der Waals surface area contributed by atoms with Crippen molar-refractivity contribution in [3.05, 3.63) is 62.9 Å². The fourth-order valence-electron chi connectivity index (χ4n) is 1.60. The lowest BCUT2D eigenvalue weighted by molar-refractivity contribution is -0.384. The van der Waals surface area contributed by atoms with Gasteiger partial charge in [-0.25, -0.2) is 4.98 Å². The van der Waals surface area contributed by atoms with Crippen molar-refractivity contribution in [3.8, 4) is 6.07 Å². The lowest BCUT2D eigenvalue weighted by Gasteiger charge is -2.08. The molecule has 6 nitrogen and oxygen atoms in total. The Morgan fingerprint density at radius 2 is 2.10 bits per heavy atom. The van der Waals surface area contributed by atoms with Crippen LogP contribution in [0.5, 0.6) is 0 Å². The van der Waals surface area contributed by atoms with Gasteiger partial charge in [0.1, 0.15) is 11.2 Å². The van der Waals surface area contributed by atoms with E-state index in [0.29, 0.717) is 17.8 Å². The molecular formula is C13H9ClN4O2. The van der Waals surface area contributed by atoms with E-state index < -0.39 is 4.92 Å². The van der Waals surface area contributed by atoms with Crippen molar-refractivity contribution in [1.29, 1.82) is 5.26 Å². The van der Waals surface area contributed by atoms with Crippen molar-refractivity contribution in [3.63, 3.8) is 0 Å². The van der Waals surface area contributed by atoms with E-state index in [1.54, 1.807) is 18.2 Å². The van der Waals surface area contributed by atoms with Crippen LogP contribution in [-0.2, 0) is 6.54 Å². The van der Waals surface area contributed by atoms with Gasteiger partial charge in [-0.2, -0.15) is 5.26 Å². The number of aromatic nitrogens is 1. The maximum atomic E-state index is 10.5. The highest BCUT2D eigenvalue weighted by Crippen LogP contribution is 2.19. The minimum Gasteiger partial charge on any atom is -0.380 e. The number of nitrogens with one attached hydrogen (secondary N) is 1. The van der Waals surface area contributed by atoms with Crippen molar-refractivity contribution >= 4 is 23.0 Å². The number of nitro groups is 1. The van der Waals surface area contributed by atoms with Crippen LogP contribution in [-0.4, -0.2) is 9.91 Å². The van der Waals surface area contributed by atoms with E-state index in [1.165, 1.54) is 18.3 Å². The predicted octanol–water partition coefficient (Wildman–Crippen LogP) is 3.13. The second-order valence-corrected chi connectivity index (χ2v) is 4.33. The number of hydrogen-bond acceptors (Lipinski definition) is 5. The Kier molecular flexibility index (Phi) is 4.13. The maximum Gasteiger partial charge on any atom is 0.269 e. The minimum atomic E-state index is -0.451. The third-order valence-corrected chi connectivity index (χ3v) is 2.83. The molecule has 0 aliphatic heterocycles. The molecule has 1 aromatic carbocycles. The first-order valence-corrected chi connectivity index (χ1v) is 6.01. The molecule has 2 rings (SSSR count). The summed E-state index contributed by atoms with van der Waals surface area (Å²) in [6.07, 6.45) is 1.39. The van der Waals surface area contributed by atoms with Crippen molar-refractivity contribution in [2.24, 2.45) is 0 Å². The second-order valence-electron chi connectivity index (χ2n) is 3.94. The summed E-state index contributed by atoms with van der Waals surface area (Å²) in [6, 6.07) is 9.74. The van der Waals surface area contributed by atoms with Gasteiger partial charge in [-0.1, -0.05) is 23.7 Å². The van der Waals surface area contributed by atoms with E-state index in [9.17, 15) is 10.1 Å². The van der Waals surface area contributed by atoms with Gasteiger partial charge in [0.05, 0.1) is 16.2 Å². The van der Waals surface area contributed by atoms with Crippen LogP contribution in [0.3, 0.4) is 0 Å². The molecule has 0 radical (unpaired) electrons. The summed E-state index contributed by atoms with van der Waals surface area (Å²) >= 11 is 5.78. The molecule has 0 amide bonds. The van der Waals surface area contributed by atoms with Crippen LogP contribution in [0.15, 0.2) is 36.5 Å². The first kappa shape index (κ1) is 13.8. The topological polar surface area (TPSA) is 91.8 Å². The number of rotatable bonds is 4. The number of nitrogens with zero attached hydrogens (tertiary/aromatic N) is 3. The number of halogens is 1. The first-order chi connectivity index (χ1) is 9.60. The van der Waals surface area contributed by atoms with E-state index in [0.717, 1.165) is 5.56 Å². The van der Waals surface area contributed by atoms with E-state index in [2.05, 4.69) is 10.3 Å². The Morgan fingerprint density at radius 3 is 2.70 bits per heavy atom. The fraction of sp³-hybridized carbons (Fsp3) is 0.0769. The normalized spacial score (nSPS) is 9.80. The molecule has 0 aliphatic rings. The molecule has 1 N–H and O–H groups in total. The fourth-order valence-corrected chi connectivity index (χ4v) is 1.76. The smallest absolute Gasteiger partial charge is 0.269 e. The molecular weight excluding hydrogens is 280 g/mol. The van der Waals surface area contributed by atoms with Crippen molar-refractivity contribution in [2.45, 2.75) is 6.54 Å². The van der Waals surface area contributed by atoms with Crippen LogP contribution in [0.1, 0.15) is 11.1 Å². The zero-order valence-corrected chi connectivity index (χ0v) is 11.0. The monoisotopic (exact) mass is 288 g/mol. The largest absolute Gasteiger partial charge is 0.380 e. The summed E-state index contributed by atoms with van der Waals surface area (Å²) in [6.45, 7) is 0.424. The van der Waals surface area contributed by atoms with Gasteiger partial charge in [0.25, 0.3) is 5.69 Å². The van der Waals surface area contributed by atoms with Crippen LogP contribution in [0.2, 0.25) is 5.15 Å². The minimum absolute atomic E-state index is 0.0402. The molecule has 0 saturated heterocycles. The van der Waals surface area contributed by atoms with Gasteiger partial charge in [-0.05, 0) is 11.6 Å². The zero-order valence-electron chi connectivity index (χ0n) is 10.2. The molecule has 0 bridgehead atoms. The third-order valence-electron chi connectivity index (χ3n) is 2.62. The van der Waals surface area contributed by atoms with Gasteiger partial charge < -0.3 is 5.32 Å². The van der Waals surface area contributed by atoms with Gasteiger partial charge in [-0.15, -0.1) is 0 Å². The lowest BCUT2D eigenvalue weighted by Crippen LogP contribution is -2.02. The molecule has 2 aromatic rings. The standard InChI is InChI=1S/C13H9ClN4O2/c14-13-5-12(10(6-15)8-17-13)16-7-9-1-3-11(4-2-9)18(19)20/h1-5,8H,7H2,(H,16,17). The number of non-ortho nitro benzene ring substituents is 1. The number of nitriles is 1. The molecule has 0 fully saturated rings. The SMILES string of the molecule is N#Cc1cnc(Cl)cc1NCc1ccc([N+](=O)[O-])cc1. The summed E-state index contributed by atoms with van der Waals surface area (Å²) in [4.78, 5) is 13.9. The Balaban J connectivity index is 2.11. The van der Waals surface area contributed by atoms with Crippen LogP contribution in [0.25, 0.3) is 0 Å². The quantitative estimate of drug-likeness (QED) is 0.530. The number of nitro benzene ring substituents is 1. The highest BCUT2D eigenvalue weighted by molar-refractivity contribution is 6.29. The first-order valence-electron chi connectivity index (χ1n) is 5.63. The number of pyridine rings is 1. The number of hydrogen-bond donors (Lipinski definition) is 1. The summed E-state index contributed by atoms with van der Waals surface area (Å²) in [5, 5.41) is 22.8. The zero-order chi connectivity index (χ0) is 14.5. The highest BCUT2D eigenvalue weighted by Gasteiger charge is 2.06. The Labute approximate surface area is 119 Å². The van der Waals surface area contributed by atoms with Gasteiger partial charge >= 0.3 is 0 Å². The molecule has 0 atom stereocenters. The van der Waals surface area contributed by atoms with Crippen molar-refractivity contribution < 1.29 is 4.92 Å². The van der Waals surface area contributed by atoms with Gasteiger partial charge in [0.15, 0.2) is 0 Å². The Hall–Kier alpha value is -2.65. The van der Waals surface area contributed by atoms with Crippen LogP contribution in [0, 0.1) is 21.4 Å². The van der Waals surface area contributed by atoms with Gasteiger partial charge in [0.2, 0.25) is 0 Å². The highest BCUT2D eigenvalue weighted by atomic mass is 35.5. The summed E-state index contributed by atoms with van der Waals surface area (Å²) in [5.74, 6) is 0. The third kappa shape index (κ3) is 3.22. The number of benzene rings is 1.